The average molecular weight is 615 g/mol. The maximum Gasteiger partial charge on any atom is 0.416 e. The molecule has 0 bridgehead atoms. The molecule has 0 radical (unpaired) electrons. The molecule has 2 heterocycles. The van der Waals surface area contributed by atoms with Gasteiger partial charge in [-0.2, -0.15) is 18.3 Å². The number of benzene rings is 2. The number of nitrogens with one attached hydrogen (secondary N) is 1. The number of hydrogen-bond donors (Lipinski definition) is 4. The van der Waals surface area contributed by atoms with Crippen molar-refractivity contribution in [2.75, 3.05) is 31.8 Å². The Bertz CT molecular complexity index is 1640. The molecule has 2 aromatic heterocycles. The number of aromatic nitrogens is 4. The maximum absolute atomic E-state index is 13.1. The van der Waals surface area contributed by atoms with Gasteiger partial charge in [0.15, 0.2) is 5.65 Å². The van der Waals surface area contributed by atoms with Crippen LogP contribution in [0, 0.1) is 0 Å². The van der Waals surface area contributed by atoms with Gasteiger partial charge in [-0.05, 0) is 37.1 Å². The third-order valence-electron chi connectivity index (χ3n) is 8.02. The van der Waals surface area contributed by atoms with E-state index in [1.165, 1.54) is 26.6 Å². The van der Waals surface area contributed by atoms with Gasteiger partial charge in [0.2, 0.25) is 0 Å². The number of halogens is 3. The lowest BCUT2D eigenvalue weighted by atomic mass is 9.91. The molecule has 0 amide bonds. The molecule has 0 atom stereocenters. The second-order valence-electron chi connectivity index (χ2n) is 10.8. The summed E-state index contributed by atoms with van der Waals surface area (Å²) in [6.07, 6.45) is 0.699. The zero-order chi connectivity index (χ0) is 31.4. The fourth-order valence-electron chi connectivity index (χ4n) is 5.72. The van der Waals surface area contributed by atoms with Gasteiger partial charge in [0.05, 0.1) is 55.9 Å². The minimum Gasteiger partial charge on any atom is -0.496 e. The van der Waals surface area contributed by atoms with Gasteiger partial charge in [-0.25, -0.2) is 14.6 Å². The number of aliphatic carboxylic acids is 1. The van der Waals surface area contributed by atoms with Crippen molar-refractivity contribution in [1.82, 2.24) is 19.7 Å². The molecule has 4 aromatic rings. The SMILES string of the molecule is COc1cc(C(F)(F)F)ccc1CNc1ccc(-c2nn(C3CCC([NH2+]CCC(=O)O)CC3)c3ncnc(N)c23)cc1OC. The van der Waals surface area contributed by atoms with Crippen LogP contribution in [-0.4, -0.2) is 57.6 Å². The predicted octanol–water partition coefficient (Wildman–Crippen LogP) is 4.25. The number of nitrogens with zero attached hydrogens (tertiary/aromatic N) is 4. The van der Waals surface area contributed by atoms with Crippen molar-refractivity contribution in [3.05, 3.63) is 53.9 Å². The summed E-state index contributed by atoms with van der Waals surface area (Å²) in [5, 5.41) is 19.9. The van der Waals surface area contributed by atoms with Gasteiger partial charge in [0.25, 0.3) is 0 Å². The molecule has 234 valence electrons. The average Bonchev–Trinajstić information content (AvgIpc) is 3.40. The van der Waals surface area contributed by atoms with Crippen LogP contribution in [0.1, 0.15) is 49.3 Å². The first kappa shape index (κ1) is 30.9. The Morgan fingerprint density at radius 3 is 2.52 bits per heavy atom. The van der Waals surface area contributed by atoms with Crippen LogP contribution in [0.25, 0.3) is 22.3 Å². The first-order chi connectivity index (χ1) is 21.1. The fraction of sp³-hybridized carbons (Fsp3) is 0.400. The lowest BCUT2D eigenvalue weighted by Gasteiger charge is -2.27. The van der Waals surface area contributed by atoms with E-state index in [9.17, 15) is 18.0 Å². The van der Waals surface area contributed by atoms with Crippen LogP contribution in [0.4, 0.5) is 24.7 Å². The van der Waals surface area contributed by atoms with Crippen LogP contribution >= 0.6 is 0 Å². The molecule has 1 fully saturated rings. The topological polar surface area (TPSA) is 154 Å². The molecule has 1 aliphatic carbocycles. The molecule has 5 rings (SSSR count). The summed E-state index contributed by atoms with van der Waals surface area (Å²) in [7, 11) is 2.86. The van der Waals surface area contributed by atoms with Crippen molar-refractivity contribution in [3.8, 4) is 22.8 Å². The number of anilines is 2. The van der Waals surface area contributed by atoms with E-state index in [-0.39, 0.29) is 24.8 Å². The standard InChI is InChI=1S/C30H34F3N7O4/c1-43-23-14-19(30(31,32)33)5-3-18(23)15-36-22-10-4-17(13-24(22)44-2)27-26-28(34)37-16-38-29(26)40(39-27)21-8-6-20(7-9-21)35-12-11-25(41)42/h3-5,10,13-14,16,20-21,35-36H,6-9,11-12,15H2,1-2H3,(H,41,42)(H2,34,37,38)/p+1. The van der Waals surface area contributed by atoms with Crippen molar-refractivity contribution in [3.63, 3.8) is 0 Å². The molecule has 44 heavy (non-hydrogen) atoms. The molecule has 11 nitrogen and oxygen atoms in total. The quantitative estimate of drug-likeness (QED) is 0.194. The minimum atomic E-state index is -4.47. The lowest BCUT2D eigenvalue weighted by Crippen LogP contribution is -2.90. The smallest absolute Gasteiger partial charge is 0.416 e. The van der Waals surface area contributed by atoms with Gasteiger partial charge in [-0.3, -0.25) is 4.79 Å². The van der Waals surface area contributed by atoms with Crippen molar-refractivity contribution < 1.29 is 37.9 Å². The Balaban J connectivity index is 1.37. The lowest BCUT2D eigenvalue weighted by molar-refractivity contribution is -0.691. The number of alkyl halides is 3. The highest BCUT2D eigenvalue weighted by molar-refractivity contribution is 5.98. The van der Waals surface area contributed by atoms with Gasteiger partial charge < -0.3 is 30.9 Å². The molecule has 14 heteroatoms. The fourth-order valence-corrected chi connectivity index (χ4v) is 5.72. The number of fused-ring (bicyclic) bond motifs is 1. The first-order valence-electron chi connectivity index (χ1n) is 14.3. The normalized spacial score (nSPS) is 17.0. The van der Waals surface area contributed by atoms with Crippen LogP contribution in [0.5, 0.6) is 11.5 Å². The highest BCUT2D eigenvalue weighted by atomic mass is 19.4. The van der Waals surface area contributed by atoms with Crippen LogP contribution in [0.2, 0.25) is 0 Å². The summed E-state index contributed by atoms with van der Waals surface area (Å²) in [6, 6.07) is 9.37. The van der Waals surface area contributed by atoms with Gasteiger partial charge in [-0.1, -0.05) is 12.1 Å². The molecular formula is C30H35F3N7O4+. The maximum atomic E-state index is 13.1. The monoisotopic (exact) mass is 614 g/mol. The van der Waals surface area contributed by atoms with Crippen LogP contribution < -0.4 is 25.8 Å². The Morgan fingerprint density at radius 1 is 1.09 bits per heavy atom. The number of rotatable bonds is 11. The summed E-state index contributed by atoms with van der Waals surface area (Å²) in [5.41, 5.74) is 8.72. The zero-order valence-corrected chi connectivity index (χ0v) is 24.4. The number of nitrogen functional groups attached to an aromatic ring is 1. The number of carbonyl (C=O) groups is 1. The number of hydrogen-bond acceptors (Lipinski definition) is 8. The number of carboxylic acid groups (broad SMARTS) is 1. The molecule has 6 N–H and O–H groups in total. The highest BCUT2D eigenvalue weighted by Crippen LogP contribution is 2.39. The van der Waals surface area contributed by atoms with E-state index in [1.807, 2.05) is 22.9 Å². The summed E-state index contributed by atoms with van der Waals surface area (Å²) >= 11 is 0. The van der Waals surface area contributed by atoms with Crippen LogP contribution in [0.15, 0.2) is 42.7 Å². The van der Waals surface area contributed by atoms with Crippen LogP contribution in [-0.2, 0) is 17.5 Å². The molecular weight excluding hydrogens is 579 g/mol. The third-order valence-corrected chi connectivity index (χ3v) is 8.02. The summed E-state index contributed by atoms with van der Waals surface area (Å²) in [4.78, 5) is 19.6. The molecule has 0 unspecified atom stereocenters. The number of carboxylic acids is 1. The van der Waals surface area contributed by atoms with E-state index >= 15 is 0 Å². The Kier molecular flexibility index (Phi) is 9.09. The summed E-state index contributed by atoms with van der Waals surface area (Å²) in [5.74, 6) is 0.150. The summed E-state index contributed by atoms with van der Waals surface area (Å²) < 4.78 is 52.2. The molecule has 2 aromatic carbocycles. The van der Waals surface area contributed by atoms with E-state index in [1.54, 1.807) is 0 Å². The molecule has 0 saturated heterocycles. The van der Waals surface area contributed by atoms with E-state index in [0.717, 1.165) is 43.4 Å². The Morgan fingerprint density at radius 2 is 1.84 bits per heavy atom. The largest absolute Gasteiger partial charge is 0.496 e. The third kappa shape index (κ3) is 6.64. The van der Waals surface area contributed by atoms with E-state index in [4.69, 9.17) is 25.4 Å². The predicted molar refractivity (Wildman–Crippen MR) is 157 cm³/mol. The number of quaternary nitrogens is 1. The molecule has 1 aliphatic rings. The zero-order valence-electron chi connectivity index (χ0n) is 24.4. The second-order valence-corrected chi connectivity index (χ2v) is 10.8. The van der Waals surface area contributed by atoms with Crippen molar-refractivity contribution in [1.29, 1.82) is 0 Å². The molecule has 0 spiro atoms. The van der Waals surface area contributed by atoms with Crippen LogP contribution in [0.3, 0.4) is 0 Å². The van der Waals surface area contributed by atoms with Gasteiger partial charge in [0, 0.05) is 30.5 Å². The highest BCUT2D eigenvalue weighted by Gasteiger charge is 2.31. The van der Waals surface area contributed by atoms with Gasteiger partial charge in [0.1, 0.15) is 29.3 Å². The van der Waals surface area contributed by atoms with E-state index in [2.05, 4.69) is 20.6 Å². The van der Waals surface area contributed by atoms with Crippen molar-refractivity contribution >= 4 is 28.5 Å². The summed E-state index contributed by atoms with van der Waals surface area (Å²) in [6.45, 7) is 0.764. The molecule has 1 saturated carbocycles. The minimum absolute atomic E-state index is 0.103. The number of ether oxygens (including phenoxy) is 2. The number of nitrogens with two attached hydrogens (primary N) is 2. The number of methoxy groups -OCH3 is 2. The van der Waals surface area contributed by atoms with Gasteiger partial charge >= 0.3 is 12.1 Å². The first-order valence-corrected chi connectivity index (χ1v) is 14.3. The van der Waals surface area contributed by atoms with Gasteiger partial charge in [-0.15, -0.1) is 0 Å². The van der Waals surface area contributed by atoms with E-state index in [0.29, 0.717) is 52.1 Å². The van der Waals surface area contributed by atoms with E-state index < -0.39 is 17.7 Å². The second kappa shape index (κ2) is 13.0. The van der Waals surface area contributed by atoms with Crippen molar-refractivity contribution in [2.24, 2.45) is 0 Å². The van der Waals surface area contributed by atoms with Crippen molar-refractivity contribution in [2.45, 2.75) is 56.9 Å². The Labute approximate surface area is 251 Å². The molecule has 0 aliphatic heterocycles. The Hall–Kier alpha value is -4.59.